The second-order valence-corrected chi connectivity index (χ2v) is 3.50. The van der Waals surface area contributed by atoms with E-state index in [0.717, 1.165) is 0 Å². The molecular formula is C9H6BrNO4. The van der Waals surface area contributed by atoms with Crippen LogP contribution in [0.4, 0.5) is 5.69 Å². The standard InChI is InChI=1S/C9H6BrNO4/c10-8(9(12)13)5-6-1-3-7(4-2-6)11(14)15/h1-5H,(H,12,13). The van der Waals surface area contributed by atoms with Crippen molar-refractivity contribution in [2.24, 2.45) is 0 Å². The van der Waals surface area contributed by atoms with Gasteiger partial charge in [-0.15, -0.1) is 0 Å². The van der Waals surface area contributed by atoms with E-state index in [1.54, 1.807) is 0 Å². The second-order valence-electron chi connectivity index (χ2n) is 2.65. The Balaban J connectivity index is 2.95. The number of carboxylic acids is 1. The number of hydrogen-bond acceptors (Lipinski definition) is 3. The van der Waals surface area contributed by atoms with Crippen LogP contribution in [0, 0.1) is 10.1 Å². The number of halogens is 1. The smallest absolute Gasteiger partial charge is 0.342 e. The Labute approximate surface area is 93.3 Å². The van der Waals surface area contributed by atoms with Crippen molar-refractivity contribution in [1.82, 2.24) is 0 Å². The third kappa shape index (κ3) is 3.17. The van der Waals surface area contributed by atoms with Crippen molar-refractivity contribution in [2.45, 2.75) is 0 Å². The number of hydrogen-bond donors (Lipinski definition) is 1. The van der Waals surface area contributed by atoms with Gasteiger partial charge < -0.3 is 5.11 Å². The van der Waals surface area contributed by atoms with Crippen LogP contribution in [0.3, 0.4) is 0 Å². The third-order valence-electron chi connectivity index (χ3n) is 1.60. The van der Waals surface area contributed by atoms with E-state index in [9.17, 15) is 14.9 Å². The first-order valence-electron chi connectivity index (χ1n) is 3.85. The van der Waals surface area contributed by atoms with E-state index in [2.05, 4.69) is 15.9 Å². The molecule has 0 atom stereocenters. The molecule has 0 unspecified atom stereocenters. The van der Waals surface area contributed by atoms with E-state index >= 15 is 0 Å². The minimum atomic E-state index is -1.09. The number of nitro groups is 1. The largest absolute Gasteiger partial charge is 0.477 e. The number of carbonyl (C=O) groups is 1. The Morgan fingerprint density at radius 1 is 1.40 bits per heavy atom. The highest BCUT2D eigenvalue weighted by Crippen LogP contribution is 2.16. The molecule has 15 heavy (non-hydrogen) atoms. The molecule has 0 bridgehead atoms. The molecule has 78 valence electrons. The summed E-state index contributed by atoms with van der Waals surface area (Å²) in [6.07, 6.45) is 1.37. The lowest BCUT2D eigenvalue weighted by Gasteiger charge is -1.94. The van der Waals surface area contributed by atoms with Crippen molar-refractivity contribution < 1.29 is 14.8 Å². The summed E-state index contributed by atoms with van der Waals surface area (Å²) in [4.78, 5) is 20.3. The summed E-state index contributed by atoms with van der Waals surface area (Å²) in [6, 6.07) is 5.58. The molecule has 0 heterocycles. The fraction of sp³-hybridized carbons (Fsp3) is 0. The van der Waals surface area contributed by atoms with Crippen LogP contribution >= 0.6 is 15.9 Å². The quantitative estimate of drug-likeness (QED) is 0.520. The summed E-state index contributed by atoms with van der Waals surface area (Å²) in [5, 5.41) is 18.9. The van der Waals surface area contributed by atoms with Gasteiger partial charge in [0.05, 0.1) is 4.92 Å². The van der Waals surface area contributed by atoms with Gasteiger partial charge in [-0.2, -0.15) is 0 Å². The first-order chi connectivity index (χ1) is 7.00. The van der Waals surface area contributed by atoms with Crippen LogP contribution < -0.4 is 0 Å². The minimum Gasteiger partial charge on any atom is -0.477 e. The molecule has 1 rings (SSSR count). The van der Waals surface area contributed by atoms with Crippen molar-refractivity contribution in [3.63, 3.8) is 0 Å². The van der Waals surface area contributed by atoms with Crippen LogP contribution in [0.25, 0.3) is 6.08 Å². The Morgan fingerprint density at radius 2 is 1.93 bits per heavy atom. The number of nitrogens with zero attached hydrogens (tertiary/aromatic N) is 1. The number of aliphatic carboxylic acids is 1. The summed E-state index contributed by atoms with van der Waals surface area (Å²) >= 11 is 2.85. The molecule has 0 saturated carbocycles. The summed E-state index contributed by atoms with van der Waals surface area (Å²) in [7, 11) is 0. The SMILES string of the molecule is O=C(O)C(Br)=Cc1ccc([N+](=O)[O-])cc1. The summed E-state index contributed by atoms with van der Waals surface area (Å²) < 4.78 is -0.00338. The third-order valence-corrected chi connectivity index (χ3v) is 2.17. The first kappa shape index (κ1) is 11.4. The lowest BCUT2D eigenvalue weighted by atomic mass is 10.2. The number of benzene rings is 1. The van der Waals surface area contributed by atoms with E-state index in [1.165, 1.54) is 30.3 Å². The van der Waals surface area contributed by atoms with Gasteiger partial charge in [0.2, 0.25) is 0 Å². The van der Waals surface area contributed by atoms with E-state index in [-0.39, 0.29) is 10.2 Å². The molecule has 0 aliphatic heterocycles. The molecule has 0 fully saturated rings. The van der Waals surface area contributed by atoms with Crippen molar-refractivity contribution in [3.05, 3.63) is 44.4 Å². The van der Waals surface area contributed by atoms with Crippen molar-refractivity contribution in [3.8, 4) is 0 Å². The zero-order valence-electron chi connectivity index (χ0n) is 7.38. The second kappa shape index (κ2) is 4.70. The van der Waals surface area contributed by atoms with Gasteiger partial charge in [-0.05, 0) is 39.7 Å². The molecule has 0 aliphatic carbocycles. The van der Waals surface area contributed by atoms with E-state index in [4.69, 9.17) is 5.11 Å². The molecular weight excluding hydrogens is 266 g/mol. The van der Waals surface area contributed by atoms with E-state index in [0.29, 0.717) is 5.56 Å². The highest BCUT2D eigenvalue weighted by molar-refractivity contribution is 9.12. The molecule has 0 saturated heterocycles. The molecule has 1 aromatic carbocycles. The highest BCUT2D eigenvalue weighted by Gasteiger charge is 2.05. The molecule has 6 heteroatoms. The normalized spacial score (nSPS) is 11.1. The van der Waals surface area contributed by atoms with Crippen LogP contribution in [0.1, 0.15) is 5.56 Å². The molecule has 5 nitrogen and oxygen atoms in total. The van der Waals surface area contributed by atoms with Crippen molar-refractivity contribution in [2.75, 3.05) is 0 Å². The molecule has 0 amide bonds. The Morgan fingerprint density at radius 3 is 2.33 bits per heavy atom. The van der Waals surface area contributed by atoms with Crippen LogP contribution in [-0.2, 0) is 4.79 Å². The van der Waals surface area contributed by atoms with Gasteiger partial charge in [-0.1, -0.05) is 0 Å². The lowest BCUT2D eigenvalue weighted by molar-refractivity contribution is -0.384. The van der Waals surface area contributed by atoms with Crippen molar-refractivity contribution >= 4 is 33.7 Å². The lowest BCUT2D eigenvalue weighted by Crippen LogP contribution is -1.92. The average molecular weight is 272 g/mol. The maximum Gasteiger partial charge on any atom is 0.342 e. The van der Waals surface area contributed by atoms with Crippen molar-refractivity contribution in [1.29, 1.82) is 0 Å². The highest BCUT2D eigenvalue weighted by atomic mass is 79.9. The van der Waals surface area contributed by atoms with Gasteiger partial charge in [-0.25, -0.2) is 4.79 Å². The van der Waals surface area contributed by atoms with Gasteiger partial charge in [0.15, 0.2) is 0 Å². The molecule has 0 spiro atoms. The maximum absolute atomic E-state index is 10.5. The molecule has 1 N–H and O–H groups in total. The monoisotopic (exact) mass is 271 g/mol. The maximum atomic E-state index is 10.5. The Bertz CT molecular complexity index is 424. The van der Waals surface area contributed by atoms with Crippen LogP contribution in [0.2, 0.25) is 0 Å². The number of rotatable bonds is 3. The zero-order valence-corrected chi connectivity index (χ0v) is 8.97. The molecule has 0 aliphatic rings. The van der Waals surface area contributed by atoms with Crippen LogP contribution in [-0.4, -0.2) is 16.0 Å². The topological polar surface area (TPSA) is 80.4 Å². The van der Waals surface area contributed by atoms with Gasteiger partial charge in [-0.3, -0.25) is 10.1 Å². The van der Waals surface area contributed by atoms with E-state index < -0.39 is 10.9 Å². The molecule has 1 aromatic rings. The van der Waals surface area contributed by atoms with E-state index in [1.807, 2.05) is 0 Å². The van der Waals surface area contributed by atoms with Crippen LogP contribution in [0.15, 0.2) is 28.7 Å². The van der Waals surface area contributed by atoms with Gasteiger partial charge >= 0.3 is 5.97 Å². The molecule has 0 radical (unpaired) electrons. The van der Waals surface area contributed by atoms with Gasteiger partial charge in [0.25, 0.3) is 5.69 Å². The summed E-state index contributed by atoms with van der Waals surface area (Å²) in [5.41, 5.74) is 0.550. The fourth-order valence-electron chi connectivity index (χ4n) is 0.900. The summed E-state index contributed by atoms with van der Waals surface area (Å²) in [6.45, 7) is 0. The average Bonchev–Trinajstić information content (AvgIpc) is 2.18. The number of nitro benzene ring substituents is 1. The fourth-order valence-corrected chi connectivity index (χ4v) is 1.16. The van der Waals surface area contributed by atoms with Gasteiger partial charge in [0, 0.05) is 12.1 Å². The number of carboxylic acid groups (broad SMARTS) is 1. The number of non-ortho nitro benzene ring substituents is 1. The van der Waals surface area contributed by atoms with Gasteiger partial charge in [0.1, 0.15) is 4.48 Å². The van der Waals surface area contributed by atoms with Crippen LogP contribution in [0.5, 0.6) is 0 Å². The predicted octanol–water partition coefficient (Wildman–Crippen LogP) is 2.42. The Hall–Kier alpha value is -1.69. The zero-order chi connectivity index (χ0) is 11.4. The Kier molecular flexibility index (Phi) is 3.56. The summed E-state index contributed by atoms with van der Waals surface area (Å²) in [5.74, 6) is -1.09. The molecule has 0 aromatic heterocycles. The first-order valence-corrected chi connectivity index (χ1v) is 4.65. The predicted molar refractivity (Wildman–Crippen MR) is 57.6 cm³/mol. The minimum absolute atomic E-state index is 0.00338.